The number of hydrogen-bond donors (Lipinski definition) is 2. The van der Waals surface area contributed by atoms with Gasteiger partial charge in [0.15, 0.2) is 0 Å². The van der Waals surface area contributed by atoms with E-state index in [0.29, 0.717) is 22.9 Å². The first kappa shape index (κ1) is 29.7. The Morgan fingerprint density at radius 1 is 1.00 bits per heavy atom. The molecule has 40 heavy (non-hydrogen) atoms. The van der Waals surface area contributed by atoms with Crippen LogP contribution in [0.3, 0.4) is 0 Å². The number of nitrogens with zero attached hydrogens (tertiary/aromatic N) is 2. The summed E-state index contributed by atoms with van der Waals surface area (Å²) < 4.78 is 14.3. The van der Waals surface area contributed by atoms with Crippen molar-refractivity contribution < 1.29 is 19.1 Å². The number of benzene rings is 2. The third kappa shape index (κ3) is 6.88. The van der Waals surface area contributed by atoms with Crippen LogP contribution in [-0.4, -0.2) is 39.0 Å². The first-order valence-corrected chi connectivity index (χ1v) is 14.4. The second-order valence-electron chi connectivity index (χ2n) is 11.7. The van der Waals surface area contributed by atoms with Gasteiger partial charge in [-0.2, -0.15) is 5.26 Å². The van der Waals surface area contributed by atoms with Gasteiger partial charge < -0.3 is 19.8 Å². The van der Waals surface area contributed by atoms with Crippen molar-refractivity contribution in [1.82, 2.24) is 14.9 Å². The average Bonchev–Trinajstić information content (AvgIpc) is 3.38. The van der Waals surface area contributed by atoms with Crippen LogP contribution in [-0.2, 0) is 15.9 Å². The van der Waals surface area contributed by atoms with Crippen molar-refractivity contribution in [3.8, 4) is 6.07 Å². The Kier molecular flexibility index (Phi) is 8.38. The van der Waals surface area contributed by atoms with E-state index in [4.69, 9.17) is 9.47 Å². The van der Waals surface area contributed by atoms with Crippen molar-refractivity contribution in [2.75, 3.05) is 0 Å². The fraction of sp³-hybridized carbons (Fsp3) is 0.367. The lowest BCUT2D eigenvalue weighted by atomic mass is 9.88. The molecule has 0 bridgehead atoms. The Labute approximate surface area is 250 Å². The number of aromatic amines is 1. The van der Waals surface area contributed by atoms with Crippen molar-refractivity contribution in [3.05, 3.63) is 68.9 Å². The summed E-state index contributed by atoms with van der Waals surface area (Å²) >= 11 is 6.99. The Hall–Kier alpha value is -3.29. The number of ether oxygens (including phenoxy) is 2. The number of rotatable bonds is 5. The minimum absolute atomic E-state index is 0.342. The monoisotopic (exact) mass is 670 g/mol. The average molecular weight is 672 g/mol. The molecule has 4 aromatic rings. The van der Waals surface area contributed by atoms with Gasteiger partial charge in [0.1, 0.15) is 11.2 Å². The zero-order valence-electron chi connectivity index (χ0n) is 23.3. The van der Waals surface area contributed by atoms with Crippen LogP contribution in [0.15, 0.2) is 57.7 Å². The Balaban J connectivity index is 1.81. The van der Waals surface area contributed by atoms with Crippen LogP contribution in [0.4, 0.5) is 9.59 Å². The number of halogens is 2. The van der Waals surface area contributed by atoms with Crippen molar-refractivity contribution >= 4 is 65.9 Å². The van der Waals surface area contributed by atoms with E-state index in [1.807, 2.05) is 42.6 Å². The molecule has 8 nitrogen and oxygen atoms in total. The SMILES string of the molecule is CC(C)(C)OC(=O)N[C@H](Cc1c[nH]c2cc(Br)ccc12)[C@H](C#N)c1cn(C(=O)OC(C)(C)C)c2cc(Br)ccc12. The molecule has 0 aliphatic heterocycles. The van der Waals surface area contributed by atoms with E-state index in [-0.39, 0.29) is 0 Å². The van der Waals surface area contributed by atoms with Crippen LogP contribution in [0.2, 0.25) is 0 Å². The number of carbonyl (C=O) groups excluding carboxylic acids is 2. The van der Waals surface area contributed by atoms with Crippen molar-refractivity contribution in [1.29, 1.82) is 5.26 Å². The maximum Gasteiger partial charge on any atom is 0.419 e. The zero-order valence-corrected chi connectivity index (χ0v) is 26.4. The third-order valence-electron chi connectivity index (χ3n) is 6.14. The summed E-state index contributed by atoms with van der Waals surface area (Å²) in [4.78, 5) is 29.5. The molecule has 0 spiro atoms. The summed E-state index contributed by atoms with van der Waals surface area (Å²) in [6.45, 7) is 10.7. The molecular formula is C30H32Br2N4O4. The molecule has 10 heteroatoms. The van der Waals surface area contributed by atoms with E-state index in [1.165, 1.54) is 4.57 Å². The van der Waals surface area contributed by atoms with Crippen molar-refractivity contribution in [3.63, 3.8) is 0 Å². The lowest BCUT2D eigenvalue weighted by Crippen LogP contribution is -2.43. The van der Waals surface area contributed by atoms with E-state index in [2.05, 4.69) is 48.2 Å². The topological polar surface area (TPSA) is 109 Å². The predicted octanol–water partition coefficient (Wildman–Crippen LogP) is 8.17. The van der Waals surface area contributed by atoms with Crippen LogP contribution in [0.25, 0.3) is 21.8 Å². The number of nitriles is 1. The number of aromatic nitrogens is 2. The molecule has 0 saturated heterocycles. The highest BCUT2D eigenvalue weighted by Gasteiger charge is 2.32. The van der Waals surface area contributed by atoms with Gasteiger partial charge in [-0.25, -0.2) is 9.59 Å². The molecule has 0 saturated carbocycles. The van der Waals surface area contributed by atoms with Gasteiger partial charge in [0.25, 0.3) is 0 Å². The quantitative estimate of drug-likeness (QED) is 0.222. The molecule has 2 aromatic heterocycles. The van der Waals surface area contributed by atoms with Crippen LogP contribution in [0.5, 0.6) is 0 Å². The second kappa shape index (κ2) is 11.3. The number of carbonyl (C=O) groups is 2. The fourth-order valence-electron chi connectivity index (χ4n) is 4.59. The fourth-order valence-corrected chi connectivity index (χ4v) is 5.30. The third-order valence-corrected chi connectivity index (χ3v) is 7.12. The lowest BCUT2D eigenvalue weighted by molar-refractivity contribution is 0.0496. The van der Waals surface area contributed by atoms with Crippen LogP contribution in [0.1, 0.15) is 58.6 Å². The maximum absolute atomic E-state index is 13.2. The van der Waals surface area contributed by atoms with E-state index in [0.717, 1.165) is 25.4 Å². The molecule has 2 aromatic carbocycles. The molecule has 1 amide bonds. The van der Waals surface area contributed by atoms with Gasteiger partial charge >= 0.3 is 12.2 Å². The smallest absolute Gasteiger partial charge is 0.419 e. The number of hydrogen-bond acceptors (Lipinski definition) is 5. The van der Waals surface area contributed by atoms with Crippen LogP contribution < -0.4 is 5.32 Å². The second-order valence-corrected chi connectivity index (χ2v) is 13.5. The zero-order chi connectivity index (χ0) is 29.4. The minimum atomic E-state index is -0.819. The highest BCUT2D eigenvalue weighted by Crippen LogP contribution is 2.34. The highest BCUT2D eigenvalue weighted by atomic mass is 79.9. The summed E-state index contributed by atoms with van der Waals surface area (Å²) in [6.07, 6.45) is 2.68. The molecule has 4 rings (SSSR count). The summed E-state index contributed by atoms with van der Waals surface area (Å²) in [7, 11) is 0. The van der Waals surface area contributed by atoms with Gasteiger partial charge in [-0.1, -0.05) is 44.0 Å². The van der Waals surface area contributed by atoms with Gasteiger partial charge in [0, 0.05) is 37.6 Å². The summed E-state index contributed by atoms with van der Waals surface area (Å²) in [6, 6.07) is 13.2. The molecule has 0 radical (unpaired) electrons. The molecule has 2 atom stereocenters. The van der Waals surface area contributed by atoms with Crippen LogP contribution >= 0.6 is 31.9 Å². The molecule has 0 aliphatic carbocycles. The van der Waals surface area contributed by atoms with Crippen LogP contribution in [0, 0.1) is 11.3 Å². The van der Waals surface area contributed by atoms with E-state index in [9.17, 15) is 14.9 Å². The normalized spacial score (nSPS) is 13.6. The lowest BCUT2D eigenvalue weighted by Gasteiger charge is -2.26. The minimum Gasteiger partial charge on any atom is -0.444 e. The van der Waals surface area contributed by atoms with Crippen molar-refractivity contribution in [2.24, 2.45) is 0 Å². The van der Waals surface area contributed by atoms with E-state index in [1.54, 1.807) is 47.7 Å². The van der Waals surface area contributed by atoms with Gasteiger partial charge in [-0.3, -0.25) is 4.57 Å². The number of fused-ring (bicyclic) bond motifs is 2. The molecule has 210 valence electrons. The highest BCUT2D eigenvalue weighted by molar-refractivity contribution is 9.10. The first-order valence-electron chi connectivity index (χ1n) is 12.8. The predicted molar refractivity (Wildman–Crippen MR) is 162 cm³/mol. The maximum atomic E-state index is 13.2. The Morgan fingerprint density at radius 2 is 1.62 bits per heavy atom. The van der Waals surface area contributed by atoms with Gasteiger partial charge in [-0.15, -0.1) is 0 Å². The molecule has 0 fully saturated rings. The standard InChI is InChI=1S/C30H32Br2N4O4/c1-29(2,3)39-27(37)35-25(11-17-15-34-24-12-18(31)7-9-20(17)24)22(14-33)23-16-36(28(38)40-30(4,5)6)26-13-19(32)8-10-21(23)26/h7-10,12-13,15-16,22,25,34H,11H2,1-6H3,(H,35,37)/t22-,25-/m1/s1. The van der Waals surface area contributed by atoms with Gasteiger partial charge in [-0.05, 0) is 83.4 Å². The molecule has 2 heterocycles. The first-order chi connectivity index (χ1) is 18.6. The Bertz CT molecular complexity index is 1620. The molecule has 2 N–H and O–H groups in total. The molecule has 0 unspecified atom stereocenters. The molecule has 0 aliphatic rings. The number of nitrogens with one attached hydrogen (secondary N) is 2. The largest absolute Gasteiger partial charge is 0.444 e. The van der Waals surface area contributed by atoms with E-state index < -0.39 is 35.3 Å². The summed E-state index contributed by atoms with van der Waals surface area (Å²) in [5.74, 6) is -0.819. The van der Waals surface area contributed by atoms with Gasteiger partial charge in [0.05, 0.1) is 23.5 Å². The number of amides is 1. The summed E-state index contributed by atoms with van der Waals surface area (Å²) in [5, 5.41) is 15.2. The van der Waals surface area contributed by atoms with E-state index >= 15 is 0 Å². The van der Waals surface area contributed by atoms with Gasteiger partial charge in [0.2, 0.25) is 0 Å². The summed E-state index contributed by atoms with van der Waals surface area (Å²) in [5.41, 5.74) is 1.62. The Morgan fingerprint density at radius 3 is 2.25 bits per heavy atom. The van der Waals surface area contributed by atoms with Crippen molar-refractivity contribution in [2.45, 2.75) is 71.1 Å². The molecular weight excluding hydrogens is 640 g/mol. The number of alkyl carbamates (subject to hydrolysis) is 1. The number of H-pyrrole nitrogens is 1.